The van der Waals surface area contributed by atoms with Gasteiger partial charge in [-0.3, -0.25) is 14.4 Å². The lowest BCUT2D eigenvalue weighted by Crippen LogP contribution is -2.45. The number of nitrogens with one attached hydrogen (secondary N) is 1. The number of anilines is 2. The Hall–Kier alpha value is -4.12. The summed E-state index contributed by atoms with van der Waals surface area (Å²) in [7, 11) is -3.52. The largest absolute Gasteiger partial charge is 0.395 e. The second-order valence-corrected chi connectivity index (χ2v) is 16.1. The van der Waals surface area contributed by atoms with Crippen LogP contribution in [0.15, 0.2) is 91.5 Å². The molecule has 0 saturated carbocycles. The molecule has 3 amide bonds. The summed E-state index contributed by atoms with van der Waals surface area (Å²) in [6.07, 6.45) is 0.603. The van der Waals surface area contributed by atoms with Crippen LogP contribution in [-0.2, 0) is 26.5 Å². The molecular formula is C35H40FN3O5Si. The molecule has 10 heteroatoms. The number of halogens is 1. The van der Waals surface area contributed by atoms with Gasteiger partial charge in [-0.1, -0.05) is 61.5 Å². The summed E-state index contributed by atoms with van der Waals surface area (Å²) in [4.78, 5) is 44.2. The Labute approximate surface area is 264 Å². The third kappa shape index (κ3) is 6.22. The lowest BCUT2D eigenvalue weighted by Gasteiger charge is -2.31. The topological polar surface area (TPSA) is 99.2 Å². The van der Waals surface area contributed by atoms with Crippen molar-refractivity contribution >= 4 is 37.5 Å². The van der Waals surface area contributed by atoms with Gasteiger partial charge in [0.1, 0.15) is 0 Å². The number of aliphatic hydroxyl groups is 1. The first kappa shape index (κ1) is 32.3. The molecule has 0 bridgehead atoms. The monoisotopic (exact) mass is 629 g/mol. The molecule has 8 nitrogen and oxygen atoms in total. The van der Waals surface area contributed by atoms with E-state index in [9.17, 15) is 19.5 Å². The molecule has 2 aliphatic rings. The minimum absolute atomic E-state index is 0.113. The molecule has 0 aromatic heterocycles. The highest BCUT2D eigenvalue weighted by Gasteiger charge is 2.67. The van der Waals surface area contributed by atoms with E-state index < -0.39 is 31.6 Å². The second kappa shape index (κ2) is 13.1. The Morgan fingerprint density at radius 1 is 1.11 bits per heavy atom. The fourth-order valence-electron chi connectivity index (χ4n) is 6.95. The first-order valence-electron chi connectivity index (χ1n) is 15.2. The van der Waals surface area contributed by atoms with E-state index in [4.69, 9.17) is 4.74 Å². The van der Waals surface area contributed by atoms with Crippen LogP contribution in [0.5, 0.6) is 0 Å². The van der Waals surface area contributed by atoms with Crippen molar-refractivity contribution in [1.82, 2.24) is 4.90 Å². The zero-order chi connectivity index (χ0) is 32.4. The standard InChI is InChI=1S/C35H40FN3O5Si/c1-5-18-39-29-17-16-27(37-33(42)26-14-10-7-11-15-26)21-28(29)35(34(39)43)24(2)32(45(3,4)36)30(44-35)22-31(41)38(19-20-40)23-25-12-8-6-9-13-25/h5-17,21,24,30,32,40H,1,18-20,22-23H2,2-4H3,(H,37,42)/t24-,30+,32-,35+/m0/s1. The van der Waals surface area contributed by atoms with Crippen molar-refractivity contribution in [2.24, 2.45) is 5.92 Å². The van der Waals surface area contributed by atoms with Crippen molar-refractivity contribution in [3.8, 4) is 0 Å². The molecule has 3 aromatic carbocycles. The molecule has 1 spiro atoms. The number of hydrogen-bond donors (Lipinski definition) is 2. The summed E-state index contributed by atoms with van der Waals surface area (Å²) in [5, 5.41) is 12.6. The maximum absolute atomic E-state index is 16.3. The molecule has 2 aliphatic heterocycles. The molecule has 0 unspecified atom stereocenters. The minimum atomic E-state index is -3.52. The maximum atomic E-state index is 16.3. The maximum Gasteiger partial charge on any atom is 0.264 e. The van der Waals surface area contributed by atoms with Gasteiger partial charge in [-0.05, 0) is 49.0 Å². The minimum Gasteiger partial charge on any atom is -0.395 e. The average Bonchev–Trinajstić information content (AvgIpc) is 3.44. The van der Waals surface area contributed by atoms with Crippen molar-refractivity contribution in [3.63, 3.8) is 0 Å². The molecule has 5 rings (SSSR count). The SMILES string of the molecule is C=CCN1C(=O)[C@]2(O[C@H](CC(=O)N(CCO)Cc3ccccc3)[C@@H]([Si](C)(C)F)[C@@H]2C)c2cc(NC(=O)c3ccccc3)ccc21. The Bertz CT molecular complexity index is 1560. The number of amides is 3. The van der Waals surface area contributed by atoms with Gasteiger partial charge in [0.2, 0.25) is 14.3 Å². The molecule has 45 heavy (non-hydrogen) atoms. The van der Waals surface area contributed by atoms with E-state index in [2.05, 4.69) is 11.9 Å². The van der Waals surface area contributed by atoms with Crippen LogP contribution in [-0.4, -0.2) is 61.9 Å². The molecule has 0 radical (unpaired) electrons. The lowest BCUT2D eigenvalue weighted by molar-refractivity contribution is -0.149. The van der Waals surface area contributed by atoms with Gasteiger partial charge in [-0.15, -0.1) is 6.58 Å². The lowest BCUT2D eigenvalue weighted by atomic mass is 9.82. The summed E-state index contributed by atoms with van der Waals surface area (Å²) in [5.41, 5.74) is 0.738. The predicted octanol–water partition coefficient (Wildman–Crippen LogP) is 5.66. The number of carbonyl (C=O) groups is 3. The number of aliphatic hydroxyl groups excluding tert-OH is 1. The van der Waals surface area contributed by atoms with Crippen molar-refractivity contribution < 1.29 is 28.3 Å². The van der Waals surface area contributed by atoms with E-state index in [0.717, 1.165) is 5.56 Å². The van der Waals surface area contributed by atoms with E-state index in [0.29, 0.717) is 22.5 Å². The highest BCUT2D eigenvalue weighted by Crippen LogP contribution is 2.60. The Morgan fingerprint density at radius 3 is 2.40 bits per heavy atom. The summed E-state index contributed by atoms with van der Waals surface area (Å²) in [6, 6.07) is 23.5. The third-order valence-electron chi connectivity index (χ3n) is 8.88. The number of rotatable bonds is 11. The number of fused-ring (bicyclic) bond motifs is 2. The summed E-state index contributed by atoms with van der Waals surface area (Å²) in [5.74, 6) is -1.55. The molecule has 2 N–H and O–H groups in total. The molecule has 4 atom stereocenters. The number of benzene rings is 3. The highest BCUT2D eigenvalue weighted by atomic mass is 28.4. The van der Waals surface area contributed by atoms with Crippen molar-refractivity contribution in [3.05, 3.63) is 108 Å². The Morgan fingerprint density at radius 2 is 1.78 bits per heavy atom. The number of carbonyl (C=O) groups excluding carboxylic acids is 3. The van der Waals surface area contributed by atoms with Crippen LogP contribution in [0.2, 0.25) is 18.6 Å². The Kier molecular flexibility index (Phi) is 9.38. The van der Waals surface area contributed by atoms with Crippen LogP contribution < -0.4 is 10.2 Å². The van der Waals surface area contributed by atoms with Crippen LogP contribution in [0.3, 0.4) is 0 Å². The fraction of sp³-hybridized carbons (Fsp3) is 0.343. The van der Waals surface area contributed by atoms with Crippen molar-refractivity contribution in [1.29, 1.82) is 0 Å². The van der Waals surface area contributed by atoms with E-state index in [-0.39, 0.29) is 50.4 Å². The van der Waals surface area contributed by atoms with Crippen LogP contribution in [0, 0.1) is 5.92 Å². The summed E-state index contributed by atoms with van der Waals surface area (Å²) < 4.78 is 23.0. The molecule has 1 saturated heterocycles. The normalized spacial score (nSPS) is 22.4. The molecule has 2 heterocycles. The molecule has 0 aliphatic carbocycles. The Balaban J connectivity index is 1.51. The van der Waals surface area contributed by atoms with E-state index in [1.807, 2.05) is 43.3 Å². The predicted molar refractivity (Wildman–Crippen MR) is 175 cm³/mol. The zero-order valence-electron chi connectivity index (χ0n) is 25.9. The van der Waals surface area contributed by atoms with Gasteiger partial charge in [0.05, 0.1) is 24.8 Å². The third-order valence-corrected chi connectivity index (χ3v) is 11.3. The average molecular weight is 630 g/mol. The van der Waals surface area contributed by atoms with Crippen LogP contribution in [0.1, 0.15) is 34.8 Å². The van der Waals surface area contributed by atoms with Crippen LogP contribution in [0.4, 0.5) is 15.5 Å². The quantitative estimate of drug-likeness (QED) is 0.162. The molecule has 236 valence electrons. The first-order valence-corrected chi connectivity index (χ1v) is 18.2. The fourth-order valence-corrected chi connectivity index (χ4v) is 9.44. The van der Waals surface area contributed by atoms with Crippen LogP contribution >= 0.6 is 0 Å². The van der Waals surface area contributed by atoms with Gasteiger partial charge in [-0.25, -0.2) is 0 Å². The van der Waals surface area contributed by atoms with Gasteiger partial charge in [0, 0.05) is 47.9 Å². The van der Waals surface area contributed by atoms with Crippen LogP contribution in [0.25, 0.3) is 0 Å². The van der Waals surface area contributed by atoms with Crippen molar-refractivity contribution in [2.75, 3.05) is 29.9 Å². The number of hydrogen-bond acceptors (Lipinski definition) is 5. The zero-order valence-corrected chi connectivity index (χ0v) is 26.9. The second-order valence-electron chi connectivity index (χ2n) is 12.3. The highest BCUT2D eigenvalue weighted by molar-refractivity contribution is 6.72. The van der Waals surface area contributed by atoms with E-state index in [1.165, 1.54) is 0 Å². The first-order chi connectivity index (χ1) is 21.5. The smallest absolute Gasteiger partial charge is 0.264 e. The van der Waals surface area contributed by atoms with Gasteiger partial charge in [-0.2, -0.15) is 0 Å². The summed E-state index contributed by atoms with van der Waals surface area (Å²) >= 11 is 0. The van der Waals surface area contributed by atoms with Gasteiger partial charge < -0.3 is 29.1 Å². The van der Waals surface area contributed by atoms with Gasteiger partial charge in [0.25, 0.3) is 11.8 Å². The van der Waals surface area contributed by atoms with E-state index in [1.54, 1.807) is 71.4 Å². The summed E-state index contributed by atoms with van der Waals surface area (Å²) in [6.45, 7) is 9.20. The number of ether oxygens (including phenoxy) is 1. The van der Waals surface area contributed by atoms with Gasteiger partial charge >= 0.3 is 0 Å². The van der Waals surface area contributed by atoms with Crippen molar-refractivity contribution in [2.45, 2.75) is 50.2 Å². The van der Waals surface area contributed by atoms with Gasteiger partial charge in [0.15, 0.2) is 5.60 Å². The molecular weight excluding hydrogens is 589 g/mol. The number of nitrogens with zero attached hydrogens (tertiary/aromatic N) is 2. The van der Waals surface area contributed by atoms with E-state index >= 15 is 4.11 Å². The molecule has 1 fully saturated rings. The molecule has 3 aromatic rings.